The Hall–Kier alpha value is -1.61. The summed E-state index contributed by atoms with van der Waals surface area (Å²) < 4.78 is 79.9. The van der Waals surface area contributed by atoms with Gasteiger partial charge in [0.1, 0.15) is 24.7 Å². The molecule has 0 saturated carbocycles. The molecule has 0 unspecified atom stereocenters. The van der Waals surface area contributed by atoms with Crippen LogP contribution in [0.25, 0.3) is 0 Å². The molecule has 0 heterocycles. The van der Waals surface area contributed by atoms with Crippen LogP contribution in [0, 0.1) is 0 Å². The summed E-state index contributed by atoms with van der Waals surface area (Å²) in [5, 5.41) is 2.31. The molecule has 0 atom stereocenters. The highest BCUT2D eigenvalue weighted by Gasteiger charge is 2.29. The van der Waals surface area contributed by atoms with Gasteiger partial charge in [0, 0.05) is 11.6 Å². The van der Waals surface area contributed by atoms with Crippen LogP contribution < -0.4 is 14.8 Å². The number of nitrogens with one attached hydrogen (secondary N) is 1. The van der Waals surface area contributed by atoms with E-state index in [4.69, 9.17) is 9.47 Å². The minimum absolute atomic E-state index is 0.0145. The fourth-order valence-electron chi connectivity index (χ4n) is 2.77. The van der Waals surface area contributed by atoms with Crippen LogP contribution in [0.5, 0.6) is 11.5 Å². The molecule has 0 radical (unpaired) electrons. The van der Waals surface area contributed by atoms with E-state index in [1.54, 1.807) is 6.07 Å². The number of hydrogen-bond acceptors (Lipinski definition) is 8. The second-order valence-corrected chi connectivity index (χ2v) is 10.6. The van der Waals surface area contributed by atoms with Crippen molar-refractivity contribution in [2.24, 2.45) is 0 Å². The second-order valence-electron chi connectivity index (χ2n) is 7.74. The van der Waals surface area contributed by atoms with Gasteiger partial charge < -0.3 is 14.8 Å². The van der Waals surface area contributed by atoms with E-state index in [2.05, 4.69) is 5.32 Å². The van der Waals surface area contributed by atoms with Crippen LogP contribution in [-0.2, 0) is 0 Å². The van der Waals surface area contributed by atoms with Crippen molar-refractivity contribution in [2.75, 3.05) is 18.5 Å². The molecule has 4 nitrogen and oxygen atoms in total. The molecule has 0 bridgehead atoms. The van der Waals surface area contributed by atoms with Crippen molar-refractivity contribution in [1.82, 2.24) is 0 Å². The summed E-state index contributed by atoms with van der Waals surface area (Å²) in [5.74, 6) is -0.306. The highest BCUT2D eigenvalue weighted by Crippen LogP contribution is 2.54. The third-order valence-corrected chi connectivity index (χ3v) is 7.86. The Kier molecular flexibility index (Phi) is 13.4. The van der Waals surface area contributed by atoms with Gasteiger partial charge in [-0.05, 0) is 52.0 Å². The van der Waals surface area contributed by atoms with Crippen LogP contribution in [0.3, 0.4) is 0 Å². The van der Waals surface area contributed by atoms with E-state index in [0.717, 1.165) is 11.1 Å². The van der Waals surface area contributed by atoms with Gasteiger partial charge in [0.25, 0.3) is 5.91 Å². The molecule has 0 aliphatic carbocycles. The minimum Gasteiger partial charge on any atom is -0.489 e. The Labute approximate surface area is 234 Å². The number of carbonyl (C=O) groups excluding carboxylic acids is 1. The Morgan fingerprint density at radius 1 is 0.703 bits per heavy atom. The number of ether oxygens (including phenoxy) is 2. The number of amides is 1. The Bertz CT molecular complexity index is 1100. The summed E-state index contributed by atoms with van der Waals surface area (Å²) in [5.41, 5.74) is 1.48. The summed E-state index contributed by atoms with van der Waals surface area (Å²) in [4.78, 5) is 10.1. The molecule has 0 aliphatic heterocycles. The highest BCUT2D eigenvalue weighted by molar-refractivity contribution is 8.00. The fraction of sp³-hybridized carbons (Fsp3) is 0.261. The molecule has 1 N–H and O–H groups in total. The number of allylic oxidation sites excluding steroid dienone is 2. The molecule has 1 amide bonds. The van der Waals surface area contributed by atoms with Crippen molar-refractivity contribution >= 4 is 72.3 Å². The number of anilines is 1. The van der Waals surface area contributed by atoms with Crippen molar-refractivity contribution in [2.45, 2.75) is 52.2 Å². The van der Waals surface area contributed by atoms with E-state index in [-0.39, 0.29) is 30.3 Å². The average molecular weight is 616 g/mol. The zero-order chi connectivity index (χ0) is 27.5. The van der Waals surface area contributed by atoms with Crippen molar-refractivity contribution in [1.29, 1.82) is 0 Å². The van der Waals surface area contributed by atoms with Crippen LogP contribution in [0.2, 0.25) is 0 Å². The molecule has 0 aromatic heterocycles. The topological polar surface area (TPSA) is 47.6 Å². The number of rotatable bonds is 13. The molecule has 2 aromatic carbocycles. The first-order chi connectivity index (χ1) is 17.7. The fourth-order valence-corrected chi connectivity index (χ4v) is 5.63. The Balaban J connectivity index is 2.56. The molecule has 2 rings (SSSR count). The van der Waals surface area contributed by atoms with Crippen LogP contribution in [0.4, 0.5) is 25.1 Å². The molecule has 2 aromatic rings. The normalized spacial score (nSPS) is 10.6. The number of benzene rings is 2. The molecule has 0 saturated heterocycles. The average Bonchev–Trinajstić information content (AvgIpc) is 2.86. The third kappa shape index (κ3) is 8.70. The van der Waals surface area contributed by atoms with E-state index in [1.807, 2.05) is 39.8 Å². The van der Waals surface area contributed by atoms with Gasteiger partial charge in [0.05, 0.1) is 90.9 Å². The van der Waals surface area contributed by atoms with Gasteiger partial charge in [-0.3, -0.25) is 4.79 Å². The van der Waals surface area contributed by atoms with Crippen molar-refractivity contribution < 1.29 is 33.7 Å². The Morgan fingerprint density at radius 3 is 1.43 bits per heavy atom. The number of hydrogen-bond donors (Lipinski definition) is 1. The lowest BCUT2D eigenvalue weighted by molar-refractivity contribution is 0.102. The van der Waals surface area contributed by atoms with Gasteiger partial charge in [-0.15, -0.1) is 0 Å². The monoisotopic (exact) mass is 615 g/mol. The lowest BCUT2D eigenvalue weighted by atomic mass is 10.1. The maximum Gasteiger partial charge on any atom is 0.255 e. The van der Waals surface area contributed by atoms with Gasteiger partial charge in [-0.1, -0.05) is 11.1 Å². The maximum atomic E-state index is 13.9. The van der Waals surface area contributed by atoms with E-state index in [1.165, 1.54) is 12.1 Å². The first-order valence-electron chi connectivity index (χ1n) is 10.4. The molecule has 0 spiro atoms. The van der Waals surface area contributed by atoms with E-state index >= 15 is 0 Å². The van der Waals surface area contributed by atoms with Crippen molar-refractivity contribution in [3.05, 3.63) is 47.1 Å². The molecular formula is C23H22F5NO3S5. The first kappa shape index (κ1) is 31.6. The lowest BCUT2D eigenvalue weighted by Crippen LogP contribution is -2.15. The van der Waals surface area contributed by atoms with Gasteiger partial charge in [0.2, 0.25) is 0 Å². The molecule has 0 fully saturated rings. The summed E-state index contributed by atoms with van der Waals surface area (Å²) in [6.07, 6.45) is 3.64. The standard InChI is InChI=1S/C23H22F5NO3S5/c1-12(2)5-7-31-15-9-14(10-16(11-15)32-8-6-13(3)4)23(30)29-17-18(33-24)20(35-26)22(37-28)21(36-27)19(17)34-25/h5-6,9-11H,7-8H2,1-4H3,(H,29,30). The van der Waals surface area contributed by atoms with Gasteiger partial charge in [0.15, 0.2) is 0 Å². The third-order valence-electron chi connectivity index (χ3n) is 4.53. The summed E-state index contributed by atoms with van der Waals surface area (Å²) in [6, 6.07) is 4.34. The smallest absolute Gasteiger partial charge is 0.255 e. The minimum atomic E-state index is -0.865. The summed E-state index contributed by atoms with van der Waals surface area (Å²) >= 11 is -2.73. The zero-order valence-corrected chi connectivity index (χ0v) is 24.0. The van der Waals surface area contributed by atoms with Crippen LogP contribution in [0.1, 0.15) is 38.1 Å². The maximum absolute atomic E-state index is 13.9. The first-order valence-corrected chi connectivity index (χ1v) is 13.9. The Morgan fingerprint density at radius 2 is 1.08 bits per heavy atom. The predicted octanol–water partition coefficient (Wildman–Crippen LogP) is 10.5. The van der Waals surface area contributed by atoms with Gasteiger partial charge >= 0.3 is 0 Å². The molecule has 0 aliphatic rings. The van der Waals surface area contributed by atoms with E-state index in [0.29, 0.717) is 0 Å². The predicted molar refractivity (Wildman–Crippen MR) is 146 cm³/mol. The van der Waals surface area contributed by atoms with Gasteiger partial charge in [-0.2, -0.15) is 19.4 Å². The number of carbonyl (C=O) groups is 1. The van der Waals surface area contributed by atoms with Crippen LogP contribution in [-0.4, -0.2) is 19.1 Å². The van der Waals surface area contributed by atoms with E-state index in [9.17, 15) is 24.2 Å². The molecule has 202 valence electrons. The summed E-state index contributed by atoms with van der Waals surface area (Å²) in [7, 11) is 0. The lowest BCUT2D eigenvalue weighted by Gasteiger charge is -2.18. The van der Waals surface area contributed by atoms with E-state index < -0.39 is 96.8 Å². The summed E-state index contributed by atoms with van der Waals surface area (Å²) in [6.45, 7) is 7.99. The van der Waals surface area contributed by atoms with Crippen LogP contribution >= 0.6 is 60.7 Å². The largest absolute Gasteiger partial charge is 0.489 e. The second kappa shape index (κ2) is 15.7. The molecule has 37 heavy (non-hydrogen) atoms. The SMILES string of the molecule is CC(C)=CCOc1cc(OCC=C(C)C)cc(C(=O)Nc2c(SF)c(SF)c(SF)c(SF)c2SF)c1. The van der Waals surface area contributed by atoms with Crippen molar-refractivity contribution in [3.63, 3.8) is 0 Å². The molecular weight excluding hydrogens is 594 g/mol. The highest BCUT2D eigenvalue weighted by atomic mass is 32.2. The van der Waals surface area contributed by atoms with Crippen molar-refractivity contribution in [3.8, 4) is 11.5 Å². The quantitative estimate of drug-likeness (QED) is 0.176. The van der Waals surface area contributed by atoms with Gasteiger partial charge in [-0.25, -0.2) is 0 Å². The molecule has 14 heteroatoms. The zero-order valence-electron chi connectivity index (χ0n) is 20.0. The number of halogens is 5. The van der Waals surface area contributed by atoms with Crippen LogP contribution in [0.15, 0.2) is 66.0 Å².